The van der Waals surface area contributed by atoms with E-state index >= 15 is 0 Å². The van der Waals surface area contributed by atoms with Gasteiger partial charge in [-0.3, -0.25) is 4.98 Å². The molecule has 2 aromatic rings. The van der Waals surface area contributed by atoms with Gasteiger partial charge in [-0.05, 0) is 12.1 Å². The molecule has 0 aliphatic rings. The Hall–Kier alpha value is -1.78. The molecule has 0 spiro atoms. The number of aromatic nitrogens is 1. The summed E-state index contributed by atoms with van der Waals surface area (Å²) < 4.78 is 22.5. The van der Waals surface area contributed by atoms with E-state index in [1.54, 1.807) is 0 Å². The highest BCUT2D eigenvalue weighted by molar-refractivity contribution is 5.79. The molecule has 1 aromatic heterocycles. The number of oxazole rings is 1. The predicted octanol–water partition coefficient (Wildman–Crippen LogP) is 1.27. The van der Waals surface area contributed by atoms with Gasteiger partial charge in [0, 0.05) is 0 Å². The van der Waals surface area contributed by atoms with Crippen LogP contribution in [0.4, 0.5) is 4.39 Å². The number of aromatic amines is 1. The Labute approximate surface area is 71.9 Å². The van der Waals surface area contributed by atoms with Crippen molar-refractivity contribution in [2.45, 2.75) is 0 Å². The maximum Gasteiger partial charge on any atom is 0.417 e. The lowest BCUT2D eigenvalue weighted by Gasteiger charge is -1.99. The molecule has 0 saturated carbocycles. The molecular formula is C8H6FNO3. The zero-order chi connectivity index (χ0) is 9.42. The number of rotatable bonds is 1. The second-order valence-electron chi connectivity index (χ2n) is 2.47. The summed E-state index contributed by atoms with van der Waals surface area (Å²) >= 11 is 0. The molecule has 0 atom stereocenters. The Morgan fingerprint density at radius 1 is 1.54 bits per heavy atom. The molecule has 0 unspecified atom stereocenters. The van der Waals surface area contributed by atoms with Gasteiger partial charge in [-0.2, -0.15) is 0 Å². The first-order chi connectivity index (χ1) is 6.22. The SMILES string of the molecule is COc1c(F)ccc2[nH]c(=O)oc12. The third-order valence-electron chi connectivity index (χ3n) is 1.70. The Bertz CT molecular complexity index is 500. The number of ether oxygens (including phenoxy) is 1. The molecule has 4 nitrogen and oxygen atoms in total. The number of H-pyrrole nitrogens is 1. The zero-order valence-electron chi connectivity index (χ0n) is 6.76. The minimum atomic E-state index is -0.626. The number of halogens is 1. The molecule has 1 N–H and O–H groups in total. The van der Waals surface area contributed by atoms with Crippen LogP contribution in [-0.4, -0.2) is 12.1 Å². The van der Waals surface area contributed by atoms with Gasteiger partial charge in [-0.25, -0.2) is 9.18 Å². The van der Waals surface area contributed by atoms with Gasteiger partial charge in [-0.1, -0.05) is 0 Å². The number of benzene rings is 1. The third-order valence-corrected chi connectivity index (χ3v) is 1.70. The average Bonchev–Trinajstić information content (AvgIpc) is 2.45. The van der Waals surface area contributed by atoms with Gasteiger partial charge in [0.05, 0.1) is 12.6 Å². The van der Waals surface area contributed by atoms with Crippen LogP contribution < -0.4 is 10.5 Å². The Morgan fingerprint density at radius 2 is 2.31 bits per heavy atom. The van der Waals surface area contributed by atoms with Crippen LogP contribution in [-0.2, 0) is 0 Å². The largest absolute Gasteiger partial charge is 0.490 e. The number of hydrogen-bond donors (Lipinski definition) is 1. The van der Waals surface area contributed by atoms with Gasteiger partial charge in [0.2, 0.25) is 5.58 Å². The summed E-state index contributed by atoms with van der Waals surface area (Å²) in [6, 6.07) is 2.62. The van der Waals surface area contributed by atoms with Gasteiger partial charge >= 0.3 is 5.76 Å². The zero-order valence-corrected chi connectivity index (χ0v) is 6.76. The summed E-state index contributed by atoms with van der Waals surface area (Å²) in [7, 11) is 1.31. The molecular weight excluding hydrogens is 177 g/mol. The molecule has 0 bridgehead atoms. The number of hydrogen-bond acceptors (Lipinski definition) is 3. The van der Waals surface area contributed by atoms with E-state index in [1.807, 2.05) is 0 Å². The van der Waals surface area contributed by atoms with Crippen molar-refractivity contribution < 1.29 is 13.5 Å². The number of methoxy groups -OCH3 is 1. The van der Waals surface area contributed by atoms with Crippen LogP contribution in [0.1, 0.15) is 0 Å². The van der Waals surface area contributed by atoms with Crippen molar-refractivity contribution in [2.75, 3.05) is 7.11 Å². The van der Waals surface area contributed by atoms with Crippen molar-refractivity contribution in [3.8, 4) is 5.75 Å². The maximum atomic E-state index is 13.0. The van der Waals surface area contributed by atoms with Crippen molar-refractivity contribution >= 4 is 11.1 Å². The van der Waals surface area contributed by atoms with E-state index in [1.165, 1.54) is 19.2 Å². The molecule has 0 radical (unpaired) electrons. The monoisotopic (exact) mass is 183 g/mol. The predicted molar refractivity (Wildman–Crippen MR) is 43.3 cm³/mol. The van der Waals surface area contributed by atoms with E-state index < -0.39 is 11.6 Å². The first-order valence-electron chi connectivity index (χ1n) is 3.57. The lowest BCUT2D eigenvalue weighted by molar-refractivity contribution is 0.381. The van der Waals surface area contributed by atoms with Crippen molar-refractivity contribution in [1.29, 1.82) is 0 Å². The van der Waals surface area contributed by atoms with Gasteiger partial charge < -0.3 is 9.15 Å². The quantitative estimate of drug-likeness (QED) is 0.724. The average molecular weight is 183 g/mol. The molecule has 0 saturated heterocycles. The normalized spacial score (nSPS) is 10.6. The van der Waals surface area contributed by atoms with Crippen LogP contribution in [0, 0.1) is 5.82 Å². The van der Waals surface area contributed by atoms with Crippen LogP contribution >= 0.6 is 0 Å². The van der Waals surface area contributed by atoms with Gasteiger partial charge in [0.1, 0.15) is 0 Å². The molecule has 1 aromatic carbocycles. The van der Waals surface area contributed by atoms with E-state index in [0.29, 0.717) is 5.52 Å². The molecule has 2 rings (SSSR count). The minimum absolute atomic E-state index is 0.0594. The second-order valence-corrected chi connectivity index (χ2v) is 2.47. The van der Waals surface area contributed by atoms with Crippen LogP contribution in [0.5, 0.6) is 5.75 Å². The maximum absolute atomic E-state index is 13.0. The van der Waals surface area contributed by atoms with E-state index in [9.17, 15) is 9.18 Å². The molecule has 13 heavy (non-hydrogen) atoms. The van der Waals surface area contributed by atoms with Crippen LogP contribution in [0.2, 0.25) is 0 Å². The molecule has 68 valence electrons. The van der Waals surface area contributed by atoms with Gasteiger partial charge in [0.15, 0.2) is 11.6 Å². The minimum Gasteiger partial charge on any atom is -0.490 e. The standard InChI is InChI=1S/C8H6FNO3/c1-12-6-4(9)2-3-5-7(6)13-8(11)10-5/h2-3H,1H3,(H,10,11). The summed E-state index contributed by atoms with van der Waals surface area (Å²) in [4.78, 5) is 13.2. The van der Waals surface area contributed by atoms with Crippen molar-refractivity contribution in [1.82, 2.24) is 4.98 Å². The topological polar surface area (TPSA) is 55.2 Å². The van der Waals surface area contributed by atoms with Crippen molar-refractivity contribution in [3.05, 3.63) is 28.5 Å². The molecule has 0 aliphatic carbocycles. The Kier molecular flexibility index (Phi) is 1.58. The summed E-state index contributed by atoms with van der Waals surface area (Å²) in [6.07, 6.45) is 0. The molecule has 0 aliphatic heterocycles. The third kappa shape index (κ3) is 1.09. The fraction of sp³-hybridized carbons (Fsp3) is 0.125. The Balaban J connectivity index is 2.90. The van der Waals surface area contributed by atoms with Crippen LogP contribution in [0.15, 0.2) is 21.3 Å². The summed E-state index contributed by atoms with van der Waals surface area (Å²) in [5.41, 5.74) is 0.524. The smallest absolute Gasteiger partial charge is 0.417 e. The fourth-order valence-corrected chi connectivity index (χ4v) is 1.16. The highest BCUT2D eigenvalue weighted by atomic mass is 19.1. The highest BCUT2D eigenvalue weighted by Crippen LogP contribution is 2.26. The van der Waals surface area contributed by atoms with Crippen LogP contribution in [0.3, 0.4) is 0 Å². The second kappa shape index (κ2) is 2.62. The van der Waals surface area contributed by atoms with E-state index in [4.69, 9.17) is 9.15 Å². The van der Waals surface area contributed by atoms with Gasteiger partial charge in [0.25, 0.3) is 0 Å². The fourth-order valence-electron chi connectivity index (χ4n) is 1.16. The van der Waals surface area contributed by atoms with E-state index in [-0.39, 0.29) is 11.3 Å². The highest BCUT2D eigenvalue weighted by Gasteiger charge is 2.12. The lowest BCUT2D eigenvalue weighted by atomic mass is 10.3. The first-order valence-corrected chi connectivity index (χ1v) is 3.57. The molecule has 5 heteroatoms. The van der Waals surface area contributed by atoms with Crippen LogP contribution in [0.25, 0.3) is 11.1 Å². The van der Waals surface area contributed by atoms with E-state index in [0.717, 1.165) is 0 Å². The summed E-state index contributed by atoms with van der Waals surface area (Å²) in [6.45, 7) is 0. The number of nitrogens with one attached hydrogen (secondary N) is 1. The van der Waals surface area contributed by atoms with Crippen molar-refractivity contribution in [2.24, 2.45) is 0 Å². The van der Waals surface area contributed by atoms with Crippen molar-refractivity contribution in [3.63, 3.8) is 0 Å². The number of fused-ring (bicyclic) bond motifs is 1. The summed E-state index contributed by atoms with van der Waals surface area (Å²) in [5.74, 6) is -1.24. The van der Waals surface area contributed by atoms with Gasteiger partial charge in [-0.15, -0.1) is 0 Å². The molecule has 0 fully saturated rings. The lowest BCUT2D eigenvalue weighted by Crippen LogP contribution is -1.92. The van der Waals surface area contributed by atoms with E-state index in [2.05, 4.69) is 4.98 Å². The molecule has 0 amide bonds. The molecule has 1 heterocycles. The summed E-state index contributed by atoms with van der Waals surface area (Å²) in [5, 5.41) is 0. The Morgan fingerprint density at radius 3 is 3.00 bits per heavy atom. The first kappa shape index (κ1) is 7.85.